The highest BCUT2D eigenvalue weighted by Gasteiger charge is 2.24. The molecule has 1 N–H and O–H groups in total. The first-order valence-electron chi connectivity index (χ1n) is 8.06. The molecule has 0 spiro atoms. The molecule has 3 rings (SSSR count). The van der Waals surface area contributed by atoms with Crippen LogP contribution in [0.4, 0.5) is 0 Å². The Morgan fingerprint density at radius 2 is 2.30 bits per heavy atom. The van der Waals surface area contributed by atoms with Crippen molar-refractivity contribution >= 4 is 22.8 Å². The third kappa shape index (κ3) is 3.44. The van der Waals surface area contributed by atoms with Crippen molar-refractivity contribution in [3.05, 3.63) is 28.6 Å². The first kappa shape index (κ1) is 16.1. The second-order valence-corrected chi connectivity index (χ2v) is 6.97. The summed E-state index contributed by atoms with van der Waals surface area (Å²) in [7, 11) is 1.81. The average molecular weight is 333 g/mol. The molecule has 0 saturated heterocycles. The number of carbonyl (C=O) groups is 1. The van der Waals surface area contributed by atoms with Gasteiger partial charge in [-0.3, -0.25) is 14.5 Å². The summed E-state index contributed by atoms with van der Waals surface area (Å²) < 4.78 is 1.66. The van der Waals surface area contributed by atoms with Crippen LogP contribution in [0, 0.1) is 0 Å². The lowest BCUT2D eigenvalue weighted by Crippen LogP contribution is -2.32. The largest absolute Gasteiger partial charge is 0.350 e. The zero-order valence-electron chi connectivity index (χ0n) is 13.9. The molecule has 1 aromatic heterocycles. The Bertz CT molecular complexity index is 661. The van der Waals surface area contributed by atoms with Gasteiger partial charge in [0.15, 0.2) is 5.17 Å². The lowest BCUT2D eigenvalue weighted by molar-refractivity contribution is 0.0944. The van der Waals surface area contributed by atoms with Crippen molar-refractivity contribution in [2.45, 2.75) is 32.6 Å². The average Bonchev–Trinajstić information content (AvgIpc) is 3.11. The molecule has 6 nitrogen and oxygen atoms in total. The van der Waals surface area contributed by atoms with E-state index in [0.29, 0.717) is 18.2 Å². The van der Waals surface area contributed by atoms with Crippen molar-refractivity contribution < 1.29 is 4.79 Å². The Balaban J connectivity index is 1.54. The van der Waals surface area contributed by atoms with E-state index in [9.17, 15) is 4.79 Å². The van der Waals surface area contributed by atoms with E-state index in [-0.39, 0.29) is 5.91 Å². The van der Waals surface area contributed by atoms with Crippen molar-refractivity contribution in [1.82, 2.24) is 20.0 Å². The normalized spacial score (nSPS) is 17.1. The topological polar surface area (TPSA) is 62.5 Å². The summed E-state index contributed by atoms with van der Waals surface area (Å²) in [6.45, 7) is 6.73. The summed E-state index contributed by atoms with van der Waals surface area (Å²) in [5.41, 5.74) is 2.81. The Morgan fingerprint density at radius 1 is 1.48 bits per heavy atom. The number of hydrogen-bond donors (Lipinski definition) is 1. The van der Waals surface area contributed by atoms with Gasteiger partial charge in [0, 0.05) is 38.8 Å². The van der Waals surface area contributed by atoms with Crippen LogP contribution in [-0.2, 0) is 7.05 Å². The van der Waals surface area contributed by atoms with E-state index >= 15 is 0 Å². The van der Waals surface area contributed by atoms with Crippen LogP contribution in [0.3, 0.4) is 0 Å². The molecule has 0 unspecified atom stereocenters. The molecule has 0 aromatic carbocycles. The molecule has 0 aliphatic carbocycles. The van der Waals surface area contributed by atoms with E-state index in [2.05, 4.69) is 39.6 Å². The van der Waals surface area contributed by atoms with Crippen LogP contribution < -0.4 is 5.32 Å². The number of nitrogens with one attached hydrogen (secondary N) is 1. The van der Waals surface area contributed by atoms with Gasteiger partial charge >= 0.3 is 0 Å². The number of aliphatic imine (C=N–C) groups is 1. The number of carbonyl (C=O) groups excluding carboxylic acids is 1. The Morgan fingerprint density at radius 3 is 3.04 bits per heavy atom. The summed E-state index contributed by atoms with van der Waals surface area (Å²) in [4.78, 5) is 19.1. The zero-order chi connectivity index (χ0) is 16.4. The number of amidine groups is 1. The maximum Gasteiger partial charge on any atom is 0.269 e. The van der Waals surface area contributed by atoms with Crippen LogP contribution in [0.1, 0.15) is 48.8 Å². The third-order valence-corrected chi connectivity index (χ3v) is 5.00. The molecule has 7 heteroatoms. The molecule has 2 aliphatic rings. The van der Waals surface area contributed by atoms with Crippen LogP contribution >= 0.6 is 11.8 Å². The van der Waals surface area contributed by atoms with Crippen LogP contribution in [0.15, 0.2) is 22.2 Å². The van der Waals surface area contributed by atoms with Crippen molar-refractivity contribution in [2.24, 2.45) is 12.0 Å². The molecule has 124 valence electrons. The first-order chi connectivity index (χ1) is 11.1. The van der Waals surface area contributed by atoms with Gasteiger partial charge in [-0.1, -0.05) is 25.6 Å². The molecular weight excluding hydrogens is 310 g/mol. The minimum Gasteiger partial charge on any atom is -0.350 e. The standard InChI is InChI=1S/C16H23N5OS/c1-11(2)13-9-14(20(3)19-13)15(22)17-7-5-12-10-23-16-18-6-4-8-21(12)16/h9-11H,4-8H2,1-3H3,(H,17,22). The van der Waals surface area contributed by atoms with Crippen LogP contribution in [0.2, 0.25) is 0 Å². The highest BCUT2D eigenvalue weighted by Crippen LogP contribution is 2.30. The highest BCUT2D eigenvalue weighted by atomic mass is 32.2. The minimum atomic E-state index is -0.0642. The second kappa shape index (κ2) is 6.78. The van der Waals surface area contributed by atoms with Gasteiger partial charge in [0.25, 0.3) is 5.91 Å². The van der Waals surface area contributed by atoms with Gasteiger partial charge in [0.2, 0.25) is 0 Å². The fourth-order valence-corrected chi connectivity index (χ4v) is 3.70. The maximum atomic E-state index is 12.3. The first-order valence-corrected chi connectivity index (χ1v) is 8.94. The van der Waals surface area contributed by atoms with E-state index in [0.717, 1.165) is 36.8 Å². The summed E-state index contributed by atoms with van der Waals surface area (Å²) in [5, 5.41) is 10.6. The van der Waals surface area contributed by atoms with Crippen molar-refractivity contribution in [1.29, 1.82) is 0 Å². The second-order valence-electron chi connectivity index (χ2n) is 6.14. The fraction of sp³-hybridized carbons (Fsp3) is 0.562. The number of hydrogen-bond acceptors (Lipinski definition) is 5. The van der Waals surface area contributed by atoms with E-state index in [4.69, 9.17) is 0 Å². The van der Waals surface area contributed by atoms with E-state index < -0.39 is 0 Å². The molecule has 1 amide bonds. The van der Waals surface area contributed by atoms with Crippen molar-refractivity contribution in [3.63, 3.8) is 0 Å². The number of thioether (sulfide) groups is 1. The van der Waals surface area contributed by atoms with Crippen LogP contribution in [0.5, 0.6) is 0 Å². The molecule has 0 saturated carbocycles. The number of nitrogens with zero attached hydrogens (tertiary/aromatic N) is 4. The fourth-order valence-electron chi connectivity index (χ4n) is 2.71. The van der Waals surface area contributed by atoms with Gasteiger partial charge in [0.05, 0.1) is 5.69 Å². The molecule has 0 radical (unpaired) electrons. The monoisotopic (exact) mass is 333 g/mol. The van der Waals surface area contributed by atoms with E-state index in [1.54, 1.807) is 16.4 Å². The van der Waals surface area contributed by atoms with Gasteiger partial charge in [-0.25, -0.2) is 0 Å². The molecule has 2 aliphatic heterocycles. The molecule has 3 heterocycles. The molecular formula is C16H23N5OS. The van der Waals surface area contributed by atoms with E-state index in [1.807, 2.05) is 13.1 Å². The van der Waals surface area contributed by atoms with Gasteiger partial charge in [-0.2, -0.15) is 5.10 Å². The number of aromatic nitrogens is 2. The predicted octanol–water partition coefficient (Wildman–Crippen LogP) is 2.31. The maximum absolute atomic E-state index is 12.3. The number of aryl methyl sites for hydroxylation is 1. The summed E-state index contributed by atoms with van der Waals surface area (Å²) in [6, 6.07) is 1.88. The zero-order valence-corrected chi connectivity index (χ0v) is 14.7. The SMILES string of the molecule is CC(C)c1cc(C(=O)NCCC2=CSC3=NCCCN23)n(C)n1. The van der Waals surface area contributed by atoms with Crippen LogP contribution in [-0.4, -0.2) is 45.4 Å². The number of rotatable bonds is 5. The predicted molar refractivity (Wildman–Crippen MR) is 93.5 cm³/mol. The quantitative estimate of drug-likeness (QED) is 0.898. The lowest BCUT2D eigenvalue weighted by Gasteiger charge is -2.25. The van der Waals surface area contributed by atoms with E-state index in [1.165, 1.54) is 5.70 Å². The highest BCUT2D eigenvalue weighted by molar-refractivity contribution is 8.16. The number of amides is 1. The summed E-state index contributed by atoms with van der Waals surface area (Å²) in [5.74, 6) is 0.255. The smallest absolute Gasteiger partial charge is 0.269 e. The van der Waals surface area contributed by atoms with Gasteiger partial charge in [-0.15, -0.1) is 0 Å². The summed E-state index contributed by atoms with van der Waals surface area (Å²) in [6.07, 6.45) is 1.92. The lowest BCUT2D eigenvalue weighted by atomic mass is 10.1. The van der Waals surface area contributed by atoms with Crippen molar-refractivity contribution in [2.75, 3.05) is 19.6 Å². The van der Waals surface area contributed by atoms with Gasteiger partial charge < -0.3 is 10.2 Å². The van der Waals surface area contributed by atoms with Crippen molar-refractivity contribution in [3.8, 4) is 0 Å². The Hall–Kier alpha value is -1.76. The molecule has 23 heavy (non-hydrogen) atoms. The minimum absolute atomic E-state index is 0.0642. The van der Waals surface area contributed by atoms with Gasteiger partial charge in [0.1, 0.15) is 5.69 Å². The molecule has 1 aromatic rings. The third-order valence-electron chi connectivity index (χ3n) is 4.05. The number of fused-ring (bicyclic) bond motifs is 1. The van der Waals surface area contributed by atoms with Crippen LogP contribution in [0.25, 0.3) is 0 Å². The summed E-state index contributed by atoms with van der Waals surface area (Å²) >= 11 is 1.69. The molecule has 0 fully saturated rings. The Labute approximate surface area is 141 Å². The molecule has 0 atom stereocenters. The molecule has 0 bridgehead atoms. The Kier molecular flexibility index (Phi) is 4.75. The van der Waals surface area contributed by atoms with Gasteiger partial charge in [-0.05, 0) is 23.8 Å².